The highest BCUT2D eigenvalue weighted by Crippen LogP contribution is 2.16. The van der Waals surface area contributed by atoms with E-state index in [0.29, 0.717) is 6.54 Å². The Kier molecular flexibility index (Phi) is 5.80. The van der Waals surface area contributed by atoms with Crippen molar-refractivity contribution in [2.24, 2.45) is 0 Å². The highest BCUT2D eigenvalue weighted by atomic mass is 16.6. The van der Waals surface area contributed by atoms with Crippen LogP contribution < -0.4 is 4.90 Å². The lowest BCUT2D eigenvalue weighted by molar-refractivity contribution is 0.0263. The molecule has 0 spiro atoms. The lowest BCUT2D eigenvalue weighted by Gasteiger charge is -2.26. The van der Waals surface area contributed by atoms with Crippen molar-refractivity contribution in [3.8, 4) is 0 Å². The van der Waals surface area contributed by atoms with E-state index < -0.39 is 5.60 Å². The molecule has 1 aliphatic heterocycles. The van der Waals surface area contributed by atoms with Crippen LogP contribution in [0.1, 0.15) is 46.2 Å². The Labute approximate surface area is 138 Å². The average Bonchev–Trinajstić information content (AvgIpc) is 2.72. The van der Waals surface area contributed by atoms with E-state index in [0.717, 1.165) is 50.4 Å². The van der Waals surface area contributed by atoms with Crippen molar-refractivity contribution in [1.29, 1.82) is 0 Å². The summed E-state index contributed by atoms with van der Waals surface area (Å²) in [5.41, 5.74) is 0.621. The number of aromatic nitrogens is 2. The highest BCUT2D eigenvalue weighted by molar-refractivity contribution is 5.68. The number of carbonyl (C=O) groups is 1. The summed E-state index contributed by atoms with van der Waals surface area (Å²) < 4.78 is 5.47. The fraction of sp³-hybridized carbons (Fsp3) is 0.706. The molecule has 0 atom stereocenters. The van der Waals surface area contributed by atoms with Gasteiger partial charge in [-0.25, -0.2) is 14.8 Å². The van der Waals surface area contributed by atoms with Crippen molar-refractivity contribution in [3.05, 3.63) is 18.1 Å². The van der Waals surface area contributed by atoms with Crippen LogP contribution in [0.5, 0.6) is 0 Å². The van der Waals surface area contributed by atoms with Crippen LogP contribution in [-0.4, -0.2) is 52.7 Å². The van der Waals surface area contributed by atoms with Crippen LogP contribution in [0.3, 0.4) is 0 Å². The maximum absolute atomic E-state index is 12.2. The van der Waals surface area contributed by atoms with E-state index >= 15 is 0 Å². The molecule has 0 radical (unpaired) electrons. The number of hydrogen-bond donors (Lipinski definition) is 0. The third-order valence-corrected chi connectivity index (χ3v) is 3.69. The molecular formula is C17H28N4O2. The van der Waals surface area contributed by atoms with Gasteiger partial charge in [-0.1, -0.05) is 13.3 Å². The van der Waals surface area contributed by atoms with Crippen LogP contribution in [-0.2, 0) is 11.2 Å². The van der Waals surface area contributed by atoms with Gasteiger partial charge in [-0.3, -0.25) is 0 Å². The van der Waals surface area contributed by atoms with Crippen LogP contribution in [0.4, 0.5) is 10.6 Å². The maximum atomic E-state index is 12.2. The maximum Gasteiger partial charge on any atom is 0.410 e. The van der Waals surface area contributed by atoms with E-state index in [4.69, 9.17) is 4.74 Å². The van der Waals surface area contributed by atoms with Gasteiger partial charge in [0.1, 0.15) is 17.7 Å². The minimum Gasteiger partial charge on any atom is -0.444 e. The van der Waals surface area contributed by atoms with Gasteiger partial charge in [0, 0.05) is 37.9 Å². The summed E-state index contributed by atoms with van der Waals surface area (Å²) in [5.74, 6) is 0.953. The zero-order valence-corrected chi connectivity index (χ0v) is 14.7. The summed E-state index contributed by atoms with van der Waals surface area (Å²) in [7, 11) is 0. The van der Waals surface area contributed by atoms with Crippen LogP contribution >= 0.6 is 0 Å². The first-order valence-electron chi connectivity index (χ1n) is 8.43. The SMILES string of the molecule is CCCc1cc(N2CCCN(C(=O)OC(C)(C)C)CC2)ncn1. The second-order valence-electron chi connectivity index (χ2n) is 6.93. The van der Waals surface area contributed by atoms with Gasteiger partial charge in [-0.15, -0.1) is 0 Å². The standard InChI is InChI=1S/C17H28N4O2/c1-5-7-14-12-15(19-13-18-14)20-8-6-9-21(11-10-20)16(22)23-17(2,3)4/h12-13H,5-11H2,1-4H3. The number of amides is 1. The van der Waals surface area contributed by atoms with Crippen LogP contribution in [0.15, 0.2) is 12.4 Å². The first-order valence-corrected chi connectivity index (χ1v) is 8.43. The number of ether oxygens (including phenoxy) is 1. The highest BCUT2D eigenvalue weighted by Gasteiger charge is 2.24. The molecule has 6 heteroatoms. The Balaban J connectivity index is 1.98. The van der Waals surface area contributed by atoms with Gasteiger partial charge in [0.25, 0.3) is 0 Å². The van der Waals surface area contributed by atoms with E-state index in [-0.39, 0.29) is 6.09 Å². The van der Waals surface area contributed by atoms with Crippen molar-refractivity contribution in [2.75, 3.05) is 31.1 Å². The normalized spacial score (nSPS) is 16.2. The van der Waals surface area contributed by atoms with Gasteiger partial charge >= 0.3 is 6.09 Å². The fourth-order valence-electron chi connectivity index (χ4n) is 2.61. The van der Waals surface area contributed by atoms with E-state index in [1.165, 1.54) is 0 Å². The third-order valence-electron chi connectivity index (χ3n) is 3.69. The van der Waals surface area contributed by atoms with Gasteiger partial charge in [0.2, 0.25) is 0 Å². The molecule has 6 nitrogen and oxygen atoms in total. The summed E-state index contributed by atoms with van der Waals surface area (Å²) in [4.78, 5) is 24.9. The third kappa shape index (κ3) is 5.37. The van der Waals surface area contributed by atoms with E-state index in [9.17, 15) is 4.79 Å². The monoisotopic (exact) mass is 320 g/mol. The van der Waals surface area contributed by atoms with Gasteiger partial charge in [0.05, 0.1) is 0 Å². The van der Waals surface area contributed by atoms with Crippen molar-refractivity contribution >= 4 is 11.9 Å². The van der Waals surface area contributed by atoms with Gasteiger partial charge in [0.15, 0.2) is 0 Å². The summed E-state index contributed by atoms with van der Waals surface area (Å²) in [5, 5.41) is 0. The lowest BCUT2D eigenvalue weighted by atomic mass is 10.2. The van der Waals surface area contributed by atoms with Crippen LogP contribution in [0.25, 0.3) is 0 Å². The van der Waals surface area contributed by atoms with E-state index in [1.807, 2.05) is 20.8 Å². The molecule has 2 heterocycles. The first kappa shape index (κ1) is 17.5. The molecule has 23 heavy (non-hydrogen) atoms. The Hall–Kier alpha value is -1.85. The number of nitrogens with zero attached hydrogens (tertiary/aromatic N) is 4. The molecule has 1 fully saturated rings. The largest absolute Gasteiger partial charge is 0.444 e. The minimum absolute atomic E-state index is 0.228. The van der Waals surface area contributed by atoms with Crippen molar-refractivity contribution in [1.82, 2.24) is 14.9 Å². The predicted molar refractivity (Wildman–Crippen MR) is 90.7 cm³/mol. The number of carbonyl (C=O) groups excluding carboxylic acids is 1. The molecule has 0 aromatic carbocycles. The van der Waals surface area contributed by atoms with E-state index in [2.05, 4.69) is 27.9 Å². The summed E-state index contributed by atoms with van der Waals surface area (Å²) in [6.07, 6.45) is 4.35. The zero-order chi connectivity index (χ0) is 16.9. The molecule has 1 saturated heterocycles. The summed E-state index contributed by atoms with van der Waals surface area (Å²) in [6.45, 7) is 10.9. The first-order chi connectivity index (χ1) is 10.9. The number of rotatable bonds is 3. The number of anilines is 1. The Bertz CT molecular complexity index is 528. The molecule has 128 valence electrons. The average molecular weight is 320 g/mol. The molecule has 0 bridgehead atoms. The van der Waals surface area contributed by atoms with Crippen LogP contribution in [0.2, 0.25) is 0 Å². The Morgan fingerprint density at radius 1 is 1.22 bits per heavy atom. The van der Waals surface area contributed by atoms with Gasteiger partial charge in [-0.2, -0.15) is 0 Å². The summed E-state index contributed by atoms with van der Waals surface area (Å²) >= 11 is 0. The zero-order valence-electron chi connectivity index (χ0n) is 14.7. The van der Waals surface area contributed by atoms with Gasteiger partial charge < -0.3 is 14.5 Å². The van der Waals surface area contributed by atoms with Crippen molar-refractivity contribution in [3.63, 3.8) is 0 Å². The molecule has 1 aromatic rings. The van der Waals surface area contributed by atoms with Crippen molar-refractivity contribution in [2.45, 2.75) is 52.6 Å². The number of hydrogen-bond acceptors (Lipinski definition) is 5. The molecule has 0 saturated carbocycles. The quantitative estimate of drug-likeness (QED) is 0.857. The second-order valence-corrected chi connectivity index (χ2v) is 6.93. The molecule has 0 N–H and O–H groups in total. The van der Waals surface area contributed by atoms with Crippen molar-refractivity contribution < 1.29 is 9.53 Å². The Morgan fingerprint density at radius 3 is 2.70 bits per heavy atom. The lowest BCUT2D eigenvalue weighted by Crippen LogP contribution is -2.39. The number of aryl methyl sites for hydroxylation is 1. The van der Waals surface area contributed by atoms with Gasteiger partial charge in [-0.05, 0) is 33.6 Å². The smallest absolute Gasteiger partial charge is 0.410 e. The Morgan fingerprint density at radius 2 is 2.00 bits per heavy atom. The molecule has 1 aromatic heterocycles. The summed E-state index contributed by atoms with van der Waals surface area (Å²) in [6, 6.07) is 2.06. The molecule has 2 rings (SSSR count). The minimum atomic E-state index is -0.454. The fourth-order valence-corrected chi connectivity index (χ4v) is 2.61. The predicted octanol–water partition coefficient (Wildman–Crippen LogP) is 2.88. The molecule has 0 unspecified atom stereocenters. The van der Waals surface area contributed by atoms with Crippen LogP contribution in [0, 0.1) is 0 Å². The topological polar surface area (TPSA) is 58.6 Å². The molecule has 1 amide bonds. The molecule has 1 aliphatic rings. The van der Waals surface area contributed by atoms with E-state index in [1.54, 1.807) is 11.2 Å². The molecular weight excluding hydrogens is 292 g/mol. The molecule has 0 aliphatic carbocycles. The second kappa shape index (κ2) is 7.62.